The van der Waals surface area contributed by atoms with Crippen LogP contribution in [0.25, 0.3) is 5.52 Å². The number of aromatic nitrogens is 3. The maximum absolute atomic E-state index is 12.8. The van der Waals surface area contributed by atoms with Crippen molar-refractivity contribution in [2.75, 3.05) is 18.0 Å². The minimum atomic E-state index is -0.176. The number of aliphatic hydroxyl groups is 1. The van der Waals surface area contributed by atoms with Crippen molar-refractivity contribution in [1.29, 1.82) is 0 Å². The van der Waals surface area contributed by atoms with Crippen LogP contribution in [0.3, 0.4) is 0 Å². The lowest BCUT2D eigenvalue weighted by molar-refractivity contribution is 0.0935. The van der Waals surface area contributed by atoms with Crippen LogP contribution in [-0.4, -0.2) is 50.6 Å². The average molecular weight is 426 g/mol. The smallest absolute Gasteiger partial charge is 0.271 e. The Bertz CT molecular complexity index is 1050. The Morgan fingerprint density at radius 2 is 2.07 bits per heavy atom. The number of anilines is 1. The molecule has 1 aliphatic carbocycles. The van der Waals surface area contributed by atoms with Crippen molar-refractivity contribution in [2.24, 2.45) is 0 Å². The number of nitrogens with zero attached hydrogens (tertiary/aromatic N) is 4. The molecule has 7 nitrogen and oxygen atoms in total. The van der Waals surface area contributed by atoms with Crippen LogP contribution in [0.5, 0.6) is 0 Å². The molecule has 2 fully saturated rings. The molecule has 0 unspecified atom stereocenters. The number of carbonyl (C=O) groups is 1. The lowest BCUT2D eigenvalue weighted by atomic mass is 9.88. The lowest BCUT2D eigenvalue weighted by Crippen LogP contribution is -2.37. The van der Waals surface area contributed by atoms with E-state index in [1.807, 2.05) is 17.8 Å². The number of thiazole rings is 1. The van der Waals surface area contributed by atoms with Gasteiger partial charge in [0, 0.05) is 49.0 Å². The third-order valence-corrected chi connectivity index (χ3v) is 7.38. The number of aliphatic hydroxyl groups excluding tert-OH is 1. The number of hydrogen-bond acceptors (Lipinski definition) is 6. The molecule has 1 amide bonds. The third kappa shape index (κ3) is 3.70. The van der Waals surface area contributed by atoms with Gasteiger partial charge in [-0.25, -0.2) is 9.97 Å². The van der Waals surface area contributed by atoms with Gasteiger partial charge in [0.2, 0.25) is 0 Å². The fourth-order valence-corrected chi connectivity index (χ4v) is 5.64. The first kappa shape index (κ1) is 19.5. The van der Waals surface area contributed by atoms with E-state index in [-0.39, 0.29) is 18.1 Å². The highest BCUT2D eigenvalue weighted by molar-refractivity contribution is 7.09. The van der Waals surface area contributed by atoms with E-state index >= 15 is 0 Å². The zero-order chi connectivity index (χ0) is 20.7. The molecule has 1 aliphatic heterocycles. The Labute approximate surface area is 179 Å². The molecule has 1 saturated heterocycles. The molecule has 5 rings (SSSR count). The van der Waals surface area contributed by atoms with Crippen LogP contribution in [0.15, 0.2) is 30.0 Å². The Morgan fingerprint density at radius 1 is 1.23 bits per heavy atom. The molecule has 3 aromatic rings. The highest BCUT2D eigenvalue weighted by Crippen LogP contribution is 2.34. The third-order valence-electron chi connectivity index (χ3n) is 6.38. The number of nitrogens with one attached hydrogen (secondary N) is 1. The van der Waals surface area contributed by atoms with E-state index in [0.717, 1.165) is 61.5 Å². The first-order valence-electron chi connectivity index (χ1n) is 10.7. The van der Waals surface area contributed by atoms with E-state index < -0.39 is 0 Å². The van der Waals surface area contributed by atoms with Gasteiger partial charge in [-0.2, -0.15) is 0 Å². The Kier molecular flexibility index (Phi) is 5.20. The second-order valence-corrected chi connectivity index (χ2v) is 9.38. The van der Waals surface area contributed by atoms with Gasteiger partial charge < -0.3 is 19.7 Å². The van der Waals surface area contributed by atoms with Gasteiger partial charge in [-0.3, -0.25) is 4.79 Å². The van der Waals surface area contributed by atoms with Crippen LogP contribution in [0, 0.1) is 6.92 Å². The minimum absolute atomic E-state index is 0.0878. The molecule has 8 heteroatoms. The van der Waals surface area contributed by atoms with Gasteiger partial charge in [0.25, 0.3) is 5.91 Å². The van der Waals surface area contributed by atoms with Crippen molar-refractivity contribution in [3.8, 4) is 0 Å². The van der Waals surface area contributed by atoms with E-state index in [4.69, 9.17) is 0 Å². The molecule has 0 spiro atoms. The molecule has 2 N–H and O–H groups in total. The van der Waals surface area contributed by atoms with Crippen molar-refractivity contribution in [2.45, 2.75) is 57.1 Å². The molecule has 158 valence electrons. The summed E-state index contributed by atoms with van der Waals surface area (Å²) < 4.78 is 2.10. The maximum Gasteiger partial charge on any atom is 0.271 e. The van der Waals surface area contributed by atoms with Gasteiger partial charge >= 0.3 is 0 Å². The zero-order valence-corrected chi connectivity index (χ0v) is 17.9. The summed E-state index contributed by atoms with van der Waals surface area (Å²) in [5, 5.41) is 15.8. The molecule has 1 saturated carbocycles. The van der Waals surface area contributed by atoms with E-state index in [2.05, 4.69) is 43.8 Å². The predicted molar refractivity (Wildman–Crippen MR) is 117 cm³/mol. The van der Waals surface area contributed by atoms with Crippen LogP contribution >= 0.6 is 11.3 Å². The number of rotatable bonds is 4. The molecular formula is C22H27N5O2S. The first-order chi connectivity index (χ1) is 14.6. The van der Waals surface area contributed by atoms with Gasteiger partial charge in [-0.15, -0.1) is 11.3 Å². The molecule has 0 radical (unpaired) electrons. The standard InChI is InChI=1S/C22H27N5O2S/c1-14-6-9-26-11-8-23-20(19(14)26)27-10-7-16(12-27)24-21(29)18-13-30-22(25-18)15-2-4-17(28)5-3-15/h6,8-9,11,13,15-17,28H,2-5,7,10,12H2,1H3,(H,24,29)/t15?,16-,17?/m0/s1. The summed E-state index contributed by atoms with van der Waals surface area (Å²) in [5.74, 6) is 1.26. The zero-order valence-electron chi connectivity index (χ0n) is 17.1. The second-order valence-electron chi connectivity index (χ2n) is 8.49. The fourth-order valence-electron chi connectivity index (χ4n) is 4.67. The molecule has 0 aromatic carbocycles. The van der Waals surface area contributed by atoms with Gasteiger partial charge in [-0.1, -0.05) is 0 Å². The van der Waals surface area contributed by atoms with Gasteiger partial charge in [0.1, 0.15) is 5.69 Å². The molecular weight excluding hydrogens is 398 g/mol. The van der Waals surface area contributed by atoms with Crippen molar-refractivity contribution in [1.82, 2.24) is 19.7 Å². The van der Waals surface area contributed by atoms with Crippen LogP contribution in [-0.2, 0) is 0 Å². The van der Waals surface area contributed by atoms with Gasteiger partial charge in [0.05, 0.1) is 16.6 Å². The van der Waals surface area contributed by atoms with Crippen LogP contribution in [0.1, 0.15) is 59.1 Å². The largest absolute Gasteiger partial charge is 0.393 e. The molecule has 30 heavy (non-hydrogen) atoms. The average Bonchev–Trinajstić information content (AvgIpc) is 3.49. The number of aryl methyl sites for hydroxylation is 1. The lowest BCUT2D eigenvalue weighted by Gasteiger charge is -2.23. The highest BCUT2D eigenvalue weighted by Gasteiger charge is 2.28. The molecule has 3 aromatic heterocycles. The topological polar surface area (TPSA) is 82.8 Å². The molecule has 1 atom stereocenters. The first-order valence-corrected chi connectivity index (χ1v) is 11.6. The monoisotopic (exact) mass is 425 g/mol. The Morgan fingerprint density at radius 3 is 2.90 bits per heavy atom. The van der Waals surface area contributed by atoms with Crippen molar-refractivity contribution >= 4 is 28.6 Å². The Balaban J connectivity index is 1.23. The second kappa shape index (κ2) is 8.00. The molecule has 4 heterocycles. The van der Waals surface area contributed by atoms with E-state index in [1.165, 1.54) is 5.56 Å². The van der Waals surface area contributed by atoms with E-state index in [0.29, 0.717) is 11.6 Å². The summed E-state index contributed by atoms with van der Waals surface area (Å²) in [6.45, 7) is 3.72. The van der Waals surface area contributed by atoms with Crippen LogP contribution < -0.4 is 10.2 Å². The maximum atomic E-state index is 12.8. The van der Waals surface area contributed by atoms with Crippen molar-refractivity contribution in [3.05, 3.63) is 46.3 Å². The number of hydrogen-bond donors (Lipinski definition) is 2. The SMILES string of the molecule is Cc1ccn2ccnc(N3CC[C@H](NC(=O)c4csc(C5CCC(O)CC5)n4)C3)c12. The van der Waals surface area contributed by atoms with Crippen LogP contribution in [0.4, 0.5) is 5.82 Å². The highest BCUT2D eigenvalue weighted by atomic mass is 32.1. The van der Waals surface area contributed by atoms with Crippen molar-refractivity contribution in [3.63, 3.8) is 0 Å². The predicted octanol–water partition coefficient (Wildman–Crippen LogP) is 3.13. The fraction of sp³-hybridized carbons (Fsp3) is 0.500. The summed E-state index contributed by atoms with van der Waals surface area (Å²) in [6.07, 6.45) is 10.1. The summed E-state index contributed by atoms with van der Waals surface area (Å²) in [6, 6.07) is 2.19. The van der Waals surface area contributed by atoms with Gasteiger partial charge in [-0.05, 0) is 50.7 Å². The number of fused-ring (bicyclic) bond motifs is 1. The molecule has 2 aliphatic rings. The van der Waals surface area contributed by atoms with E-state index in [9.17, 15) is 9.90 Å². The molecule has 0 bridgehead atoms. The number of amides is 1. The number of carbonyl (C=O) groups excluding carboxylic acids is 1. The summed E-state index contributed by atoms with van der Waals surface area (Å²) >= 11 is 1.57. The summed E-state index contributed by atoms with van der Waals surface area (Å²) in [4.78, 5) is 24.3. The van der Waals surface area contributed by atoms with Gasteiger partial charge in [0.15, 0.2) is 5.82 Å². The summed E-state index contributed by atoms with van der Waals surface area (Å²) in [5.41, 5.74) is 2.85. The normalized spacial score (nSPS) is 24.5. The summed E-state index contributed by atoms with van der Waals surface area (Å²) in [7, 11) is 0. The minimum Gasteiger partial charge on any atom is -0.393 e. The van der Waals surface area contributed by atoms with Crippen LogP contribution in [0.2, 0.25) is 0 Å². The van der Waals surface area contributed by atoms with Crippen molar-refractivity contribution < 1.29 is 9.90 Å². The quantitative estimate of drug-likeness (QED) is 0.671. The van der Waals surface area contributed by atoms with E-state index in [1.54, 1.807) is 11.3 Å². The Hall–Kier alpha value is -2.45.